The number of nitrogens with one attached hydrogen (secondary N) is 1. The standard InChI is InChI=1S/C24H18N2O2/c1-15-7-6-8-17-16(15)13-14-26-21-12-5-3-10-19(21)24(28-22(17)26)18-9-2-4-11-20(18)25-23(24)27/h2-14,22H,1H3,(H,25,27)/t22-,24?/m1/s1. The normalized spacial score (nSPS) is 23.7. The highest BCUT2D eigenvalue weighted by Gasteiger charge is 2.56. The molecule has 28 heavy (non-hydrogen) atoms. The molecule has 0 aromatic heterocycles. The maximum Gasteiger partial charge on any atom is 0.266 e. The van der Waals surface area contributed by atoms with Crippen molar-refractivity contribution in [1.29, 1.82) is 0 Å². The van der Waals surface area contributed by atoms with Gasteiger partial charge in [-0.2, -0.15) is 0 Å². The number of fused-ring (bicyclic) bond motifs is 8. The predicted octanol–water partition coefficient (Wildman–Crippen LogP) is 4.71. The molecule has 4 heteroatoms. The summed E-state index contributed by atoms with van der Waals surface area (Å²) in [5.74, 6) is -0.135. The van der Waals surface area contributed by atoms with Crippen LogP contribution in [0.3, 0.4) is 0 Å². The van der Waals surface area contributed by atoms with Gasteiger partial charge in [0.25, 0.3) is 5.91 Å². The van der Waals surface area contributed by atoms with Crippen LogP contribution in [0, 0.1) is 6.92 Å². The van der Waals surface area contributed by atoms with Gasteiger partial charge in [0.05, 0.1) is 5.69 Å². The Balaban J connectivity index is 1.66. The summed E-state index contributed by atoms with van der Waals surface area (Å²) < 4.78 is 6.75. The minimum atomic E-state index is -1.15. The van der Waals surface area contributed by atoms with Crippen molar-refractivity contribution in [3.8, 4) is 0 Å². The largest absolute Gasteiger partial charge is 0.328 e. The van der Waals surface area contributed by atoms with E-state index in [0.717, 1.165) is 33.6 Å². The number of hydrogen-bond donors (Lipinski definition) is 1. The molecule has 136 valence electrons. The SMILES string of the molecule is Cc1cccc2c1C=CN1c3ccccc3C3(O[C@H]21)C(=O)Nc1ccccc13. The minimum absolute atomic E-state index is 0.135. The first-order valence-electron chi connectivity index (χ1n) is 9.44. The van der Waals surface area contributed by atoms with E-state index in [9.17, 15) is 4.79 Å². The highest BCUT2D eigenvalue weighted by molar-refractivity contribution is 6.08. The van der Waals surface area contributed by atoms with Gasteiger partial charge in [-0.1, -0.05) is 54.6 Å². The molecule has 3 aliphatic heterocycles. The quantitative estimate of drug-likeness (QED) is 0.626. The zero-order chi connectivity index (χ0) is 18.9. The van der Waals surface area contributed by atoms with Gasteiger partial charge >= 0.3 is 0 Å². The number of nitrogens with zero attached hydrogens (tertiary/aromatic N) is 1. The molecule has 2 atom stereocenters. The van der Waals surface area contributed by atoms with Gasteiger partial charge in [0.2, 0.25) is 5.60 Å². The number of benzene rings is 3. The van der Waals surface area contributed by atoms with Crippen molar-refractivity contribution < 1.29 is 9.53 Å². The van der Waals surface area contributed by atoms with E-state index in [1.807, 2.05) is 48.5 Å². The first-order chi connectivity index (χ1) is 13.7. The molecule has 4 nitrogen and oxygen atoms in total. The molecule has 1 amide bonds. The summed E-state index contributed by atoms with van der Waals surface area (Å²) in [6.07, 6.45) is 3.82. The van der Waals surface area contributed by atoms with Gasteiger partial charge in [-0.05, 0) is 36.3 Å². The fraction of sp³-hybridized carbons (Fsp3) is 0.125. The molecule has 3 aromatic rings. The van der Waals surface area contributed by atoms with Crippen LogP contribution in [0.25, 0.3) is 6.08 Å². The second kappa shape index (κ2) is 5.33. The van der Waals surface area contributed by atoms with E-state index in [4.69, 9.17) is 4.74 Å². The number of para-hydroxylation sites is 2. The van der Waals surface area contributed by atoms with Gasteiger partial charge in [-0.25, -0.2) is 0 Å². The molecule has 1 N–H and O–H groups in total. The first kappa shape index (κ1) is 15.7. The fourth-order valence-electron chi connectivity index (χ4n) is 4.70. The molecule has 0 aliphatic carbocycles. The van der Waals surface area contributed by atoms with Crippen molar-refractivity contribution in [3.63, 3.8) is 0 Å². The molecule has 0 saturated heterocycles. The van der Waals surface area contributed by atoms with Gasteiger partial charge in [0, 0.05) is 28.6 Å². The number of amides is 1. The highest BCUT2D eigenvalue weighted by atomic mass is 16.5. The monoisotopic (exact) mass is 366 g/mol. The molecule has 0 bridgehead atoms. The third-order valence-electron chi connectivity index (χ3n) is 6.00. The molecule has 3 aromatic carbocycles. The van der Waals surface area contributed by atoms with Gasteiger partial charge < -0.3 is 15.0 Å². The Morgan fingerprint density at radius 1 is 0.964 bits per heavy atom. The van der Waals surface area contributed by atoms with E-state index >= 15 is 0 Å². The molecule has 6 rings (SSSR count). The zero-order valence-electron chi connectivity index (χ0n) is 15.3. The Morgan fingerprint density at radius 2 is 1.75 bits per heavy atom. The van der Waals surface area contributed by atoms with Crippen LogP contribution in [0.1, 0.15) is 34.0 Å². The second-order valence-electron chi connectivity index (χ2n) is 7.47. The summed E-state index contributed by atoms with van der Waals surface area (Å²) >= 11 is 0. The Bertz CT molecular complexity index is 1180. The molecular formula is C24H18N2O2. The number of ether oxygens (including phenoxy) is 1. The Hall–Kier alpha value is -3.37. The Labute approximate surface area is 163 Å². The van der Waals surface area contributed by atoms with E-state index < -0.39 is 5.60 Å². The van der Waals surface area contributed by atoms with E-state index in [2.05, 4.69) is 47.6 Å². The zero-order valence-corrected chi connectivity index (χ0v) is 15.3. The maximum absolute atomic E-state index is 13.4. The fourth-order valence-corrected chi connectivity index (χ4v) is 4.70. The maximum atomic E-state index is 13.4. The lowest BCUT2D eigenvalue weighted by Gasteiger charge is -2.46. The molecule has 0 radical (unpaired) electrons. The molecule has 1 spiro atoms. The van der Waals surface area contributed by atoms with Gasteiger partial charge in [-0.15, -0.1) is 0 Å². The van der Waals surface area contributed by atoms with Crippen molar-refractivity contribution in [2.45, 2.75) is 18.8 Å². The van der Waals surface area contributed by atoms with Crippen LogP contribution in [0.4, 0.5) is 11.4 Å². The summed E-state index contributed by atoms with van der Waals surface area (Å²) in [7, 11) is 0. The molecule has 0 saturated carbocycles. The van der Waals surface area contributed by atoms with Crippen molar-refractivity contribution in [2.24, 2.45) is 0 Å². The molecule has 3 aliphatic rings. The average Bonchev–Trinajstić information content (AvgIpc) is 3.01. The number of carbonyl (C=O) groups excluding carboxylic acids is 1. The Morgan fingerprint density at radius 3 is 2.64 bits per heavy atom. The predicted molar refractivity (Wildman–Crippen MR) is 109 cm³/mol. The van der Waals surface area contributed by atoms with E-state index in [-0.39, 0.29) is 12.1 Å². The van der Waals surface area contributed by atoms with Crippen molar-refractivity contribution in [1.82, 2.24) is 0 Å². The Kier molecular flexibility index (Phi) is 2.98. The summed E-state index contributed by atoms with van der Waals surface area (Å²) in [6.45, 7) is 2.10. The minimum Gasteiger partial charge on any atom is -0.328 e. The summed E-state index contributed by atoms with van der Waals surface area (Å²) in [4.78, 5) is 15.5. The lowest BCUT2D eigenvalue weighted by molar-refractivity contribution is -0.145. The number of aryl methyl sites for hydroxylation is 1. The van der Waals surface area contributed by atoms with Crippen LogP contribution < -0.4 is 10.2 Å². The topological polar surface area (TPSA) is 41.6 Å². The van der Waals surface area contributed by atoms with Gasteiger partial charge in [-0.3, -0.25) is 4.79 Å². The van der Waals surface area contributed by atoms with Crippen LogP contribution in [-0.2, 0) is 15.1 Å². The number of rotatable bonds is 0. The molecule has 0 fully saturated rings. The highest BCUT2D eigenvalue weighted by Crippen LogP contribution is 2.55. The van der Waals surface area contributed by atoms with Gasteiger partial charge in [0.15, 0.2) is 6.23 Å². The lowest BCUT2D eigenvalue weighted by atomic mass is 9.83. The second-order valence-corrected chi connectivity index (χ2v) is 7.47. The lowest BCUT2D eigenvalue weighted by Crippen LogP contribution is -2.48. The molecule has 3 heterocycles. The van der Waals surface area contributed by atoms with E-state index in [0.29, 0.717) is 0 Å². The van der Waals surface area contributed by atoms with Gasteiger partial charge in [0.1, 0.15) is 0 Å². The number of hydrogen-bond acceptors (Lipinski definition) is 3. The molecule has 1 unspecified atom stereocenters. The van der Waals surface area contributed by atoms with Crippen LogP contribution in [-0.4, -0.2) is 5.91 Å². The summed E-state index contributed by atoms with van der Waals surface area (Å²) in [5, 5.41) is 3.03. The summed E-state index contributed by atoms with van der Waals surface area (Å²) in [6, 6.07) is 22.1. The van der Waals surface area contributed by atoms with E-state index in [1.165, 1.54) is 5.56 Å². The number of carbonyl (C=O) groups is 1. The van der Waals surface area contributed by atoms with Crippen molar-refractivity contribution in [3.05, 3.63) is 101 Å². The van der Waals surface area contributed by atoms with Crippen LogP contribution in [0.5, 0.6) is 0 Å². The third-order valence-corrected chi connectivity index (χ3v) is 6.00. The van der Waals surface area contributed by atoms with Crippen molar-refractivity contribution >= 4 is 23.4 Å². The third kappa shape index (κ3) is 1.80. The average molecular weight is 366 g/mol. The van der Waals surface area contributed by atoms with Crippen LogP contribution in [0.15, 0.2) is 72.9 Å². The van der Waals surface area contributed by atoms with Crippen LogP contribution in [0.2, 0.25) is 0 Å². The smallest absolute Gasteiger partial charge is 0.266 e. The van der Waals surface area contributed by atoms with Crippen molar-refractivity contribution in [2.75, 3.05) is 10.2 Å². The molecular weight excluding hydrogens is 348 g/mol. The van der Waals surface area contributed by atoms with E-state index in [1.54, 1.807) is 0 Å². The van der Waals surface area contributed by atoms with Crippen LogP contribution >= 0.6 is 0 Å². The number of anilines is 2. The first-order valence-corrected chi connectivity index (χ1v) is 9.44. The summed E-state index contributed by atoms with van der Waals surface area (Å²) in [5.41, 5.74) is 5.83.